The molecule has 1 aromatic carbocycles. The Balaban J connectivity index is 2.28. The molecule has 0 aliphatic carbocycles. The van der Waals surface area contributed by atoms with Gasteiger partial charge >= 0.3 is 6.18 Å². The number of pyridine rings is 1. The molecule has 144 valence electrons. The zero-order chi connectivity index (χ0) is 19.9. The molecule has 0 amide bonds. The molecule has 27 heavy (non-hydrogen) atoms. The molecule has 2 aromatic rings. The van der Waals surface area contributed by atoms with Crippen LogP contribution in [0.15, 0.2) is 29.2 Å². The Morgan fingerprint density at radius 1 is 1.33 bits per heavy atom. The van der Waals surface area contributed by atoms with Gasteiger partial charge in [-0.25, -0.2) is 4.39 Å². The van der Waals surface area contributed by atoms with Gasteiger partial charge in [-0.1, -0.05) is 17.7 Å². The Morgan fingerprint density at radius 2 is 2.04 bits per heavy atom. The van der Waals surface area contributed by atoms with Crippen molar-refractivity contribution < 1.29 is 27.1 Å². The summed E-state index contributed by atoms with van der Waals surface area (Å²) < 4.78 is 60.7. The first-order valence-electron chi connectivity index (χ1n) is 7.99. The zero-order valence-corrected chi connectivity index (χ0v) is 14.8. The van der Waals surface area contributed by atoms with Gasteiger partial charge in [-0.2, -0.15) is 13.2 Å². The van der Waals surface area contributed by atoms with Gasteiger partial charge in [0.15, 0.2) is 6.10 Å². The predicted octanol–water partition coefficient (Wildman–Crippen LogP) is 4.07. The number of rotatable bonds is 2. The number of carbonyl (C=O) groups is 1. The van der Waals surface area contributed by atoms with Crippen molar-refractivity contribution in [3.63, 3.8) is 0 Å². The second-order valence-corrected chi connectivity index (χ2v) is 6.68. The van der Waals surface area contributed by atoms with Crippen molar-refractivity contribution in [2.45, 2.75) is 38.3 Å². The lowest BCUT2D eigenvalue weighted by Gasteiger charge is -2.27. The van der Waals surface area contributed by atoms with Crippen molar-refractivity contribution in [3.8, 4) is 11.1 Å². The van der Waals surface area contributed by atoms with E-state index in [9.17, 15) is 27.2 Å². The van der Waals surface area contributed by atoms with Gasteiger partial charge < -0.3 is 14.1 Å². The molecule has 0 spiro atoms. The maximum absolute atomic E-state index is 14.7. The minimum atomic E-state index is -4.66. The smallest absolute Gasteiger partial charge is 0.364 e. The van der Waals surface area contributed by atoms with Crippen molar-refractivity contribution in [1.29, 1.82) is 0 Å². The maximum atomic E-state index is 14.7. The first-order valence-corrected chi connectivity index (χ1v) is 8.37. The van der Waals surface area contributed by atoms with Gasteiger partial charge in [0.2, 0.25) is 0 Å². The van der Waals surface area contributed by atoms with Crippen LogP contribution in [0.1, 0.15) is 24.1 Å². The highest BCUT2D eigenvalue weighted by Crippen LogP contribution is 2.38. The van der Waals surface area contributed by atoms with Crippen LogP contribution in [0.3, 0.4) is 0 Å². The van der Waals surface area contributed by atoms with E-state index >= 15 is 0 Å². The summed E-state index contributed by atoms with van der Waals surface area (Å²) in [7, 11) is 0. The molecular weight excluding hydrogens is 390 g/mol. The number of nitrogens with zero attached hydrogens (tertiary/aromatic N) is 1. The number of hydrogen-bond acceptors (Lipinski definition) is 3. The second-order valence-electron chi connectivity index (χ2n) is 6.28. The fraction of sp³-hybridized carbons (Fsp3) is 0.333. The van der Waals surface area contributed by atoms with Gasteiger partial charge in [-0.3, -0.25) is 4.79 Å². The number of ether oxygens (including phenoxy) is 1. The fourth-order valence-corrected chi connectivity index (χ4v) is 3.19. The maximum Gasteiger partial charge on any atom is 0.414 e. The molecule has 2 heterocycles. The quantitative estimate of drug-likeness (QED) is 0.561. The van der Waals surface area contributed by atoms with Crippen LogP contribution in [0.2, 0.25) is 5.02 Å². The number of alkyl halides is 3. The largest absolute Gasteiger partial charge is 0.414 e. The molecule has 0 bridgehead atoms. The molecule has 1 aliphatic heterocycles. The molecule has 4 nitrogen and oxygen atoms in total. The van der Waals surface area contributed by atoms with Crippen molar-refractivity contribution in [2.24, 2.45) is 0 Å². The number of aldehydes is 1. The standard InChI is InChI=1S/C18H14ClF4NO3/c1-9(7-25)24-6-11-8-27-14(18(21,22)23)4-10-2-3-13(19)17(20)16(10)12(11)5-15(24)26/h2-3,5-7,9,14H,4,8H2,1H3. The average Bonchev–Trinajstić information content (AvgIpc) is 2.59. The third kappa shape index (κ3) is 3.64. The SMILES string of the molecule is CC(C=O)n1cc2c(cc1=O)-c1c(ccc(Cl)c1F)CC(C(F)(F)F)OC2. The normalized spacial score (nSPS) is 18.1. The number of aromatic nitrogens is 1. The van der Waals surface area contributed by atoms with Gasteiger partial charge in [-0.15, -0.1) is 0 Å². The average molecular weight is 404 g/mol. The summed E-state index contributed by atoms with van der Waals surface area (Å²) in [5.41, 5.74) is -0.463. The van der Waals surface area contributed by atoms with Crippen LogP contribution in [0, 0.1) is 5.82 Å². The first kappa shape index (κ1) is 19.6. The zero-order valence-electron chi connectivity index (χ0n) is 14.0. The van der Waals surface area contributed by atoms with E-state index in [4.69, 9.17) is 16.3 Å². The summed E-state index contributed by atoms with van der Waals surface area (Å²) in [6.07, 6.45) is -5.68. The van der Waals surface area contributed by atoms with Crippen LogP contribution >= 0.6 is 11.6 Å². The summed E-state index contributed by atoms with van der Waals surface area (Å²) in [5.74, 6) is -0.904. The second kappa shape index (κ2) is 7.09. The fourth-order valence-electron chi connectivity index (χ4n) is 3.03. The van der Waals surface area contributed by atoms with Gasteiger partial charge in [0.25, 0.3) is 5.56 Å². The van der Waals surface area contributed by atoms with E-state index < -0.39 is 42.7 Å². The molecule has 9 heteroatoms. The molecule has 1 aromatic heterocycles. The molecule has 1 aliphatic rings. The van der Waals surface area contributed by atoms with Gasteiger partial charge in [0.05, 0.1) is 17.7 Å². The van der Waals surface area contributed by atoms with E-state index in [0.717, 1.165) is 10.6 Å². The monoisotopic (exact) mass is 403 g/mol. The molecule has 0 radical (unpaired) electrons. The summed E-state index contributed by atoms with van der Waals surface area (Å²) in [4.78, 5) is 23.4. The third-order valence-corrected chi connectivity index (χ3v) is 4.75. The van der Waals surface area contributed by atoms with Crippen LogP contribution in [0.5, 0.6) is 0 Å². The summed E-state index contributed by atoms with van der Waals surface area (Å²) >= 11 is 5.82. The van der Waals surface area contributed by atoms with E-state index in [-0.39, 0.29) is 27.3 Å². The molecule has 0 saturated carbocycles. The van der Waals surface area contributed by atoms with Gasteiger partial charge in [0, 0.05) is 29.8 Å². The minimum Gasteiger partial charge on any atom is -0.364 e. The Morgan fingerprint density at radius 3 is 2.67 bits per heavy atom. The Labute approximate surface area is 156 Å². The molecular formula is C18H14ClF4NO3. The van der Waals surface area contributed by atoms with E-state index in [1.165, 1.54) is 25.3 Å². The molecule has 3 rings (SSSR count). The van der Waals surface area contributed by atoms with E-state index in [2.05, 4.69) is 0 Å². The molecule has 0 N–H and O–H groups in total. The summed E-state index contributed by atoms with van der Waals surface area (Å²) in [5, 5.41) is -0.268. The number of fused-ring (bicyclic) bond motifs is 3. The lowest BCUT2D eigenvalue weighted by Crippen LogP contribution is -2.35. The highest BCUT2D eigenvalue weighted by molar-refractivity contribution is 6.31. The highest BCUT2D eigenvalue weighted by Gasteiger charge is 2.42. The lowest BCUT2D eigenvalue weighted by atomic mass is 9.91. The summed E-state index contributed by atoms with van der Waals surface area (Å²) in [6, 6.07) is 2.71. The molecule has 0 fully saturated rings. The van der Waals surface area contributed by atoms with Crippen molar-refractivity contribution in [3.05, 3.63) is 56.7 Å². The van der Waals surface area contributed by atoms with Gasteiger partial charge in [0.1, 0.15) is 12.1 Å². The lowest BCUT2D eigenvalue weighted by molar-refractivity contribution is -0.223. The van der Waals surface area contributed by atoms with Gasteiger partial charge in [-0.05, 0) is 24.1 Å². The Kier molecular flexibility index (Phi) is 5.14. The van der Waals surface area contributed by atoms with Crippen LogP contribution in [0.25, 0.3) is 11.1 Å². The predicted molar refractivity (Wildman–Crippen MR) is 90.2 cm³/mol. The van der Waals surface area contributed by atoms with Crippen LogP contribution in [-0.2, 0) is 22.6 Å². The van der Waals surface area contributed by atoms with E-state index in [1.807, 2.05) is 0 Å². The number of carbonyl (C=O) groups excluding carboxylic acids is 1. The molecule has 2 atom stereocenters. The van der Waals surface area contributed by atoms with Crippen molar-refractivity contribution >= 4 is 17.9 Å². The molecule has 0 saturated heterocycles. The third-order valence-electron chi connectivity index (χ3n) is 4.46. The van der Waals surface area contributed by atoms with Crippen LogP contribution < -0.4 is 5.56 Å². The van der Waals surface area contributed by atoms with Crippen molar-refractivity contribution in [1.82, 2.24) is 4.57 Å². The van der Waals surface area contributed by atoms with Crippen molar-refractivity contribution in [2.75, 3.05) is 0 Å². The van der Waals surface area contributed by atoms with E-state index in [0.29, 0.717) is 6.29 Å². The van der Waals surface area contributed by atoms with E-state index in [1.54, 1.807) is 0 Å². The number of benzene rings is 1. The summed E-state index contributed by atoms with van der Waals surface area (Å²) in [6.45, 7) is 0.950. The number of halogens is 5. The number of hydrogen-bond donors (Lipinski definition) is 0. The van der Waals surface area contributed by atoms with Crippen LogP contribution in [-0.4, -0.2) is 23.1 Å². The Hall–Kier alpha value is -2.19. The minimum absolute atomic E-state index is 0.0285. The first-order chi connectivity index (χ1) is 12.6. The Bertz CT molecular complexity index is 955. The molecule has 2 unspecified atom stereocenters. The van der Waals surface area contributed by atoms with Crippen LogP contribution in [0.4, 0.5) is 17.6 Å². The topological polar surface area (TPSA) is 48.3 Å². The highest BCUT2D eigenvalue weighted by atomic mass is 35.5.